The van der Waals surface area contributed by atoms with Crippen LogP contribution in [0.3, 0.4) is 0 Å². The number of quaternary nitrogens is 1. The van der Waals surface area contributed by atoms with Gasteiger partial charge < -0.3 is 19.7 Å². The largest absolute Gasteiger partial charge is 0.373 e. The van der Waals surface area contributed by atoms with E-state index in [9.17, 15) is 10.2 Å². The van der Waals surface area contributed by atoms with Crippen LogP contribution in [0, 0.1) is 0 Å². The molecule has 0 rings (SSSR count). The Kier molecular flexibility index (Phi) is 8.72. The van der Waals surface area contributed by atoms with Gasteiger partial charge in [0, 0.05) is 13.2 Å². The van der Waals surface area contributed by atoms with Gasteiger partial charge in [0.1, 0.15) is 13.2 Å². The lowest BCUT2D eigenvalue weighted by Crippen LogP contribution is -2.64. The number of aliphatic hydroxyl groups excluding tert-OH is 2. The third kappa shape index (κ3) is 4.52. The standard InChI is InChI=1S/C12H28NO4/c1-5-13(6-2,11(14)9-16-7-3)12(15)10-17-8-4/h11-12,14-15H,5-10H2,1-4H3/q+1. The van der Waals surface area contributed by atoms with Crippen LogP contribution in [-0.4, -0.2) is 66.7 Å². The number of likely N-dealkylation sites (N-methyl/N-ethyl adjacent to an activating group) is 1. The van der Waals surface area contributed by atoms with Crippen molar-refractivity contribution in [1.82, 2.24) is 0 Å². The van der Waals surface area contributed by atoms with Gasteiger partial charge in [-0.05, 0) is 27.7 Å². The molecule has 2 atom stereocenters. The first-order valence-corrected chi connectivity index (χ1v) is 6.46. The predicted octanol–water partition coefficient (Wildman–Crippen LogP) is 0.553. The number of hydrogen-bond acceptors (Lipinski definition) is 4. The van der Waals surface area contributed by atoms with Crippen LogP contribution in [0.5, 0.6) is 0 Å². The summed E-state index contributed by atoms with van der Waals surface area (Å²) in [7, 11) is 0. The van der Waals surface area contributed by atoms with Crippen molar-refractivity contribution in [3.05, 3.63) is 0 Å². The van der Waals surface area contributed by atoms with E-state index in [1.54, 1.807) is 0 Å². The Bertz CT molecular complexity index is 169. The van der Waals surface area contributed by atoms with E-state index in [0.29, 0.717) is 26.3 Å². The minimum Gasteiger partial charge on any atom is -0.373 e. The Balaban J connectivity index is 4.61. The molecule has 0 heterocycles. The summed E-state index contributed by atoms with van der Waals surface area (Å²) in [5, 5.41) is 20.4. The molecular weight excluding hydrogens is 222 g/mol. The Morgan fingerprint density at radius 1 is 0.824 bits per heavy atom. The second kappa shape index (κ2) is 8.83. The second-order valence-corrected chi connectivity index (χ2v) is 4.02. The van der Waals surface area contributed by atoms with E-state index < -0.39 is 12.5 Å². The number of nitrogens with zero attached hydrogens (tertiary/aromatic N) is 1. The van der Waals surface area contributed by atoms with Gasteiger partial charge in [0.05, 0.1) is 13.1 Å². The Morgan fingerprint density at radius 2 is 1.18 bits per heavy atom. The molecule has 0 aliphatic rings. The second-order valence-electron chi connectivity index (χ2n) is 4.02. The summed E-state index contributed by atoms with van der Waals surface area (Å²) in [6.45, 7) is 10.5. The lowest BCUT2D eigenvalue weighted by Gasteiger charge is -2.43. The van der Waals surface area contributed by atoms with Crippen molar-refractivity contribution in [2.45, 2.75) is 40.2 Å². The van der Waals surface area contributed by atoms with Crippen LogP contribution in [0.15, 0.2) is 0 Å². The molecule has 0 spiro atoms. The number of ether oxygens (including phenoxy) is 2. The van der Waals surface area contributed by atoms with E-state index in [-0.39, 0.29) is 17.7 Å². The van der Waals surface area contributed by atoms with Crippen LogP contribution in [0.1, 0.15) is 27.7 Å². The molecule has 104 valence electrons. The molecule has 0 saturated heterocycles. The van der Waals surface area contributed by atoms with E-state index in [1.807, 2.05) is 27.7 Å². The van der Waals surface area contributed by atoms with E-state index in [2.05, 4.69) is 0 Å². The molecule has 0 aromatic heterocycles. The summed E-state index contributed by atoms with van der Waals surface area (Å²) in [6.07, 6.45) is -1.44. The van der Waals surface area contributed by atoms with Crippen LogP contribution in [0.4, 0.5) is 0 Å². The maximum absolute atomic E-state index is 10.2. The van der Waals surface area contributed by atoms with Gasteiger partial charge in [-0.25, -0.2) is 0 Å². The van der Waals surface area contributed by atoms with Crippen LogP contribution in [-0.2, 0) is 9.47 Å². The summed E-state index contributed by atoms with van der Waals surface area (Å²) in [5.74, 6) is 0. The topological polar surface area (TPSA) is 58.9 Å². The first kappa shape index (κ1) is 16.8. The summed E-state index contributed by atoms with van der Waals surface area (Å²) >= 11 is 0. The highest BCUT2D eigenvalue weighted by Crippen LogP contribution is 2.17. The first-order valence-electron chi connectivity index (χ1n) is 6.46. The fourth-order valence-corrected chi connectivity index (χ4v) is 2.01. The van der Waals surface area contributed by atoms with Gasteiger partial charge in [-0.3, -0.25) is 4.48 Å². The molecule has 0 aromatic rings. The third-order valence-corrected chi connectivity index (χ3v) is 3.31. The van der Waals surface area contributed by atoms with Crippen molar-refractivity contribution >= 4 is 0 Å². The average Bonchev–Trinajstić information content (AvgIpc) is 2.35. The predicted molar refractivity (Wildman–Crippen MR) is 66.3 cm³/mol. The molecule has 0 fully saturated rings. The van der Waals surface area contributed by atoms with Gasteiger partial charge in [0.2, 0.25) is 12.5 Å². The van der Waals surface area contributed by atoms with E-state index in [1.165, 1.54) is 0 Å². The molecule has 0 aliphatic carbocycles. The molecule has 2 N–H and O–H groups in total. The fourth-order valence-electron chi connectivity index (χ4n) is 2.01. The Hall–Kier alpha value is -0.200. The molecule has 0 amide bonds. The van der Waals surface area contributed by atoms with E-state index in [0.717, 1.165) is 0 Å². The molecule has 0 bridgehead atoms. The van der Waals surface area contributed by atoms with Crippen LogP contribution in [0.2, 0.25) is 0 Å². The highest BCUT2D eigenvalue weighted by atomic mass is 16.5. The van der Waals surface area contributed by atoms with Crippen molar-refractivity contribution < 1.29 is 24.2 Å². The van der Waals surface area contributed by atoms with Crippen molar-refractivity contribution in [2.24, 2.45) is 0 Å². The zero-order valence-electron chi connectivity index (χ0n) is 11.6. The lowest BCUT2D eigenvalue weighted by molar-refractivity contribution is -1.01. The molecule has 17 heavy (non-hydrogen) atoms. The summed E-state index contributed by atoms with van der Waals surface area (Å²) < 4.78 is 10.7. The van der Waals surface area contributed by atoms with Gasteiger partial charge in [-0.1, -0.05) is 0 Å². The monoisotopic (exact) mass is 250 g/mol. The maximum atomic E-state index is 10.2. The van der Waals surface area contributed by atoms with Crippen molar-refractivity contribution in [3.8, 4) is 0 Å². The van der Waals surface area contributed by atoms with Crippen LogP contribution >= 0.6 is 0 Å². The molecule has 2 unspecified atom stereocenters. The maximum Gasteiger partial charge on any atom is 0.216 e. The van der Waals surface area contributed by atoms with Gasteiger partial charge in [0.15, 0.2) is 0 Å². The van der Waals surface area contributed by atoms with E-state index >= 15 is 0 Å². The summed E-state index contributed by atoms with van der Waals surface area (Å²) in [6, 6.07) is 0. The lowest BCUT2D eigenvalue weighted by atomic mass is 10.2. The average molecular weight is 250 g/mol. The van der Waals surface area contributed by atoms with Crippen LogP contribution in [0.25, 0.3) is 0 Å². The molecule has 0 radical (unpaired) electrons. The van der Waals surface area contributed by atoms with E-state index in [4.69, 9.17) is 9.47 Å². The summed E-state index contributed by atoms with van der Waals surface area (Å²) in [5.41, 5.74) is 0. The molecular formula is C12H28NO4+. The van der Waals surface area contributed by atoms with Gasteiger partial charge >= 0.3 is 0 Å². The van der Waals surface area contributed by atoms with Crippen LogP contribution < -0.4 is 0 Å². The smallest absolute Gasteiger partial charge is 0.216 e. The number of aliphatic hydroxyl groups is 2. The minimum absolute atomic E-state index is 0.194. The normalized spacial score (nSPS) is 15.9. The summed E-state index contributed by atoms with van der Waals surface area (Å²) in [4.78, 5) is 0. The fraction of sp³-hybridized carbons (Fsp3) is 1.00. The molecule has 5 nitrogen and oxygen atoms in total. The molecule has 5 heteroatoms. The van der Waals surface area contributed by atoms with Crippen molar-refractivity contribution in [3.63, 3.8) is 0 Å². The highest BCUT2D eigenvalue weighted by Gasteiger charge is 2.39. The molecule has 0 aliphatic heterocycles. The third-order valence-electron chi connectivity index (χ3n) is 3.31. The minimum atomic E-state index is -0.722. The Morgan fingerprint density at radius 3 is 1.41 bits per heavy atom. The quantitative estimate of drug-likeness (QED) is 0.439. The first-order chi connectivity index (χ1) is 8.08. The SMILES string of the molecule is CCOCC(O)[N+](CC)(CC)C(O)COCC. The highest BCUT2D eigenvalue weighted by molar-refractivity contribution is 4.51. The van der Waals surface area contributed by atoms with Crippen molar-refractivity contribution in [2.75, 3.05) is 39.5 Å². The van der Waals surface area contributed by atoms with Gasteiger partial charge in [-0.15, -0.1) is 0 Å². The van der Waals surface area contributed by atoms with Crippen molar-refractivity contribution in [1.29, 1.82) is 0 Å². The Labute approximate surface area is 105 Å². The number of hydrogen-bond donors (Lipinski definition) is 2. The van der Waals surface area contributed by atoms with Gasteiger partial charge in [0.25, 0.3) is 0 Å². The zero-order valence-corrected chi connectivity index (χ0v) is 11.6. The molecule has 0 saturated carbocycles. The zero-order chi connectivity index (χ0) is 13.3. The molecule has 0 aromatic carbocycles. The number of rotatable bonds is 10. The van der Waals surface area contributed by atoms with Gasteiger partial charge in [-0.2, -0.15) is 0 Å².